The Hall–Kier alpha value is -2.08. The van der Waals surface area contributed by atoms with Crippen molar-refractivity contribution >= 4 is 0 Å². The van der Waals surface area contributed by atoms with E-state index in [0.717, 1.165) is 17.7 Å². The van der Waals surface area contributed by atoms with Gasteiger partial charge in [0.05, 0.1) is 6.07 Å². The van der Waals surface area contributed by atoms with Crippen molar-refractivity contribution in [2.75, 3.05) is 0 Å². The Balaban J connectivity index is 1.60. The molecule has 2 aromatic rings. The monoisotopic (exact) mass is 352 g/mol. The number of unbranched alkanes of at least 4 members (excludes halogenated alkanes) is 9. The minimum Gasteiger partial charge on any atom is -0.447 e. The Morgan fingerprint density at radius 3 is 2.12 bits per heavy atom. The minimum atomic E-state index is 0.219. The van der Waals surface area contributed by atoms with E-state index in [-0.39, 0.29) is 6.42 Å². The number of nitriles is 1. The summed E-state index contributed by atoms with van der Waals surface area (Å²) in [6.45, 7) is 2.27. The van der Waals surface area contributed by atoms with Crippen LogP contribution in [0.3, 0.4) is 0 Å². The molecule has 0 aliphatic rings. The number of hydrogen-bond donors (Lipinski definition) is 0. The van der Waals surface area contributed by atoms with Gasteiger partial charge < -0.3 is 4.42 Å². The number of benzene rings is 1. The zero-order valence-electron chi connectivity index (χ0n) is 16.2. The van der Waals surface area contributed by atoms with Crippen molar-refractivity contribution in [3.05, 3.63) is 42.0 Å². The fourth-order valence-electron chi connectivity index (χ4n) is 3.25. The number of oxazole rings is 1. The van der Waals surface area contributed by atoms with E-state index >= 15 is 0 Å². The lowest BCUT2D eigenvalue weighted by Gasteiger charge is -2.04. The molecule has 0 spiro atoms. The van der Waals surface area contributed by atoms with Crippen LogP contribution in [0.4, 0.5) is 0 Å². The van der Waals surface area contributed by atoms with E-state index in [0.29, 0.717) is 5.89 Å². The van der Waals surface area contributed by atoms with Crippen LogP contribution in [-0.2, 0) is 12.8 Å². The van der Waals surface area contributed by atoms with Crippen LogP contribution in [0.1, 0.15) is 82.6 Å². The van der Waals surface area contributed by atoms with Crippen molar-refractivity contribution in [2.45, 2.75) is 84.0 Å². The molecule has 3 heteroatoms. The van der Waals surface area contributed by atoms with Gasteiger partial charge in [-0.25, -0.2) is 4.98 Å². The molecule has 0 bridgehead atoms. The van der Waals surface area contributed by atoms with Crippen LogP contribution in [0.15, 0.2) is 34.9 Å². The third kappa shape index (κ3) is 7.44. The average Bonchev–Trinajstić information content (AvgIpc) is 3.13. The van der Waals surface area contributed by atoms with Gasteiger partial charge in [-0.2, -0.15) is 5.26 Å². The van der Waals surface area contributed by atoms with Gasteiger partial charge in [0.15, 0.2) is 0 Å². The third-order valence-corrected chi connectivity index (χ3v) is 4.85. The summed E-state index contributed by atoms with van der Waals surface area (Å²) in [5, 5.41) is 8.68. The highest BCUT2D eigenvalue weighted by molar-refractivity contribution is 5.58. The highest BCUT2D eigenvalue weighted by Gasteiger charge is 2.06. The average molecular weight is 353 g/mol. The van der Waals surface area contributed by atoms with Crippen LogP contribution in [0.2, 0.25) is 0 Å². The Kier molecular flexibility index (Phi) is 9.57. The quantitative estimate of drug-likeness (QED) is 0.369. The second-order valence-corrected chi connectivity index (χ2v) is 7.09. The maximum absolute atomic E-state index is 8.68. The summed E-state index contributed by atoms with van der Waals surface area (Å²) in [5.41, 5.74) is 3.24. The van der Waals surface area contributed by atoms with Gasteiger partial charge in [0.2, 0.25) is 5.89 Å². The molecule has 0 saturated heterocycles. The standard InChI is InChI=1S/C23H32N2O/c1-2-3-4-5-6-7-8-9-10-11-12-20-13-15-21(16-14-20)22-19-26-23(25-22)17-18-24/h13-16,19H,2-12,17H2,1H3. The topological polar surface area (TPSA) is 49.8 Å². The molecule has 1 aromatic heterocycles. The fraction of sp³-hybridized carbons (Fsp3) is 0.565. The molecule has 1 aromatic carbocycles. The van der Waals surface area contributed by atoms with Gasteiger partial charge in [-0.05, 0) is 18.4 Å². The van der Waals surface area contributed by atoms with Crippen LogP contribution < -0.4 is 0 Å². The van der Waals surface area contributed by atoms with Crippen LogP contribution in [0, 0.1) is 11.3 Å². The molecule has 2 rings (SSSR count). The predicted octanol–water partition coefficient (Wildman–Crippen LogP) is 6.87. The summed E-state index contributed by atoms with van der Waals surface area (Å²) < 4.78 is 5.29. The van der Waals surface area contributed by atoms with Crippen LogP contribution in [0.25, 0.3) is 11.3 Å². The molecule has 0 radical (unpaired) electrons. The Morgan fingerprint density at radius 1 is 0.885 bits per heavy atom. The lowest BCUT2D eigenvalue weighted by Crippen LogP contribution is -1.88. The molecule has 1 heterocycles. The predicted molar refractivity (Wildman–Crippen MR) is 107 cm³/mol. The highest BCUT2D eigenvalue weighted by atomic mass is 16.3. The van der Waals surface area contributed by atoms with Crippen LogP contribution in [0.5, 0.6) is 0 Å². The first-order chi connectivity index (χ1) is 12.8. The van der Waals surface area contributed by atoms with Gasteiger partial charge >= 0.3 is 0 Å². The summed E-state index contributed by atoms with van der Waals surface area (Å²) in [5.74, 6) is 0.483. The van der Waals surface area contributed by atoms with Gasteiger partial charge in [-0.3, -0.25) is 0 Å². The first-order valence-corrected chi connectivity index (χ1v) is 10.2. The molecule has 140 valence electrons. The van der Waals surface area contributed by atoms with Crippen molar-refractivity contribution in [1.29, 1.82) is 5.26 Å². The Labute approximate surface area is 158 Å². The largest absolute Gasteiger partial charge is 0.447 e. The second-order valence-electron chi connectivity index (χ2n) is 7.09. The zero-order chi connectivity index (χ0) is 18.5. The lowest BCUT2D eigenvalue weighted by molar-refractivity contribution is 0.511. The molecule has 0 amide bonds. The molecule has 0 fully saturated rings. The number of nitrogens with zero attached hydrogens (tertiary/aromatic N) is 2. The maximum Gasteiger partial charge on any atom is 0.208 e. The summed E-state index contributed by atoms with van der Waals surface area (Å²) in [6, 6.07) is 10.6. The minimum absolute atomic E-state index is 0.219. The highest BCUT2D eigenvalue weighted by Crippen LogP contribution is 2.20. The third-order valence-electron chi connectivity index (χ3n) is 4.85. The first kappa shape index (κ1) is 20.2. The van der Waals surface area contributed by atoms with Gasteiger partial charge in [0, 0.05) is 5.56 Å². The first-order valence-electron chi connectivity index (χ1n) is 10.2. The smallest absolute Gasteiger partial charge is 0.208 e. The second kappa shape index (κ2) is 12.3. The van der Waals surface area contributed by atoms with Gasteiger partial charge in [0.25, 0.3) is 0 Å². The van der Waals surface area contributed by atoms with Gasteiger partial charge in [-0.1, -0.05) is 89.0 Å². The normalized spacial score (nSPS) is 10.8. The van der Waals surface area contributed by atoms with E-state index in [1.165, 1.54) is 69.8 Å². The van der Waals surface area contributed by atoms with Crippen LogP contribution in [-0.4, -0.2) is 4.98 Å². The van der Waals surface area contributed by atoms with E-state index in [9.17, 15) is 0 Å². The van der Waals surface area contributed by atoms with E-state index in [4.69, 9.17) is 9.68 Å². The van der Waals surface area contributed by atoms with E-state index in [2.05, 4.69) is 42.2 Å². The molecule has 0 atom stereocenters. The molecule has 0 unspecified atom stereocenters. The van der Waals surface area contributed by atoms with Crippen LogP contribution >= 0.6 is 0 Å². The lowest BCUT2D eigenvalue weighted by atomic mass is 10.0. The van der Waals surface area contributed by atoms with Gasteiger partial charge in [-0.15, -0.1) is 0 Å². The molecule has 0 saturated carbocycles. The molecule has 26 heavy (non-hydrogen) atoms. The number of hydrogen-bond acceptors (Lipinski definition) is 3. The van der Waals surface area contributed by atoms with E-state index in [1.807, 2.05) is 0 Å². The molecular weight excluding hydrogens is 320 g/mol. The number of aromatic nitrogens is 1. The number of rotatable bonds is 13. The fourth-order valence-corrected chi connectivity index (χ4v) is 3.25. The van der Waals surface area contributed by atoms with Crippen molar-refractivity contribution in [1.82, 2.24) is 4.98 Å². The molecule has 0 N–H and O–H groups in total. The van der Waals surface area contributed by atoms with Crippen molar-refractivity contribution in [2.24, 2.45) is 0 Å². The molecule has 3 nitrogen and oxygen atoms in total. The van der Waals surface area contributed by atoms with Crippen molar-refractivity contribution in [3.63, 3.8) is 0 Å². The number of aryl methyl sites for hydroxylation is 1. The van der Waals surface area contributed by atoms with E-state index < -0.39 is 0 Å². The Morgan fingerprint density at radius 2 is 1.50 bits per heavy atom. The molecule has 0 aliphatic carbocycles. The summed E-state index contributed by atoms with van der Waals surface area (Å²) in [4.78, 5) is 4.34. The van der Waals surface area contributed by atoms with Crippen molar-refractivity contribution in [3.8, 4) is 17.3 Å². The Bertz CT molecular complexity index is 652. The van der Waals surface area contributed by atoms with Crippen molar-refractivity contribution < 1.29 is 4.42 Å². The maximum atomic E-state index is 8.68. The SMILES string of the molecule is CCCCCCCCCCCCc1ccc(-c2coc(CC#N)n2)cc1. The van der Waals surface area contributed by atoms with Gasteiger partial charge in [0.1, 0.15) is 18.4 Å². The summed E-state index contributed by atoms with van der Waals surface area (Å²) in [6.07, 6.45) is 16.7. The molecular formula is C23H32N2O. The zero-order valence-corrected chi connectivity index (χ0v) is 16.2. The molecule has 0 aliphatic heterocycles. The summed E-state index contributed by atoms with van der Waals surface area (Å²) in [7, 11) is 0. The van der Waals surface area contributed by atoms with E-state index in [1.54, 1.807) is 6.26 Å². The summed E-state index contributed by atoms with van der Waals surface area (Å²) >= 11 is 0.